The van der Waals surface area contributed by atoms with E-state index in [1.807, 2.05) is 17.6 Å². The number of ether oxygens (including phenoxy) is 1. The fourth-order valence-electron chi connectivity index (χ4n) is 5.43. The van der Waals surface area contributed by atoms with Crippen molar-refractivity contribution in [2.75, 3.05) is 13.2 Å². The molecule has 43 heavy (non-hydrogen) atoms. The van der Waals surface area contributed by atoms with Crippen LogP contribution in [-0.2, 0) is 26.2 Å². The van der Waals surface area contributed by atoms with Crippen molar-refractivity contribution in [3.8, 4) is 22.9 Å². The van der Waals surface area contributed by atoms with Crippen molar-refractivity contribution in [1.82, 2.24) is 24.0 Å². The van der Waals surface area contributed by atoms with Gasteiger partial charge in [-0.1, -0.05) is 0 Å². The molecule has 0 unspecified atom stereocenters. The summed E-state index contributed by atoms with van der Waals surface area (Å²) in [6, 6.07) is 7.14. The highest BCUT2D eigenvalue weighted by molar-refractivity contribution is 5.99. The maximum atomic E-state index is 14.2. The number of nitriles is 1. The molecule has 4 heterocycles. The van der Waals surface area contributed by atoms with Crippen LogP contribution in [0.2, 0.25) is 0 Å². The Balaban J connectivity index is 1.65. The van der Waals surface area contributed by atoms with Crippen LogP contribution in [0.1, 0.15) is 64.0 Å². The van der Waals surface area contributed by atoms with Gasteiger partial charge >= 0.3 is 6.18 Å². The molecule has 1 aromatic carbocycles. The Bertz CT molecular complexity index is 1820. The number of alkyl halides is 3. The lowest BCUT2D eigenvalue weighted by molar-refractivity contribution is -0.137. The first-order chi connectivity index (χ1) is 20.4. The van der Waals surface area contributed by atoms with E-state index in [1.54, 1.807) is 49.3 Å². The van der Waals surface area contributed by atoms with Crippen molar-refractivity contribution < 1.29 is 22.7 Å². The Morgan fingerprint density at radius 3 is 2.51 bits per heavy atom. The number of aromatic nitrogens is 4. The predicted molar refractivity (Wildman–Crippen MR) is 151 cm³/mol. The van der Waals surface area contributed by atoms with E-state index in [0.29, 0.717) is 41.1 Å². The van der Waals surface area contributed by atoms with Gasteiger partial charge in [-0.3, -0.25) is 14.6 Å². The molecule has 0 aliphatic carbocycles. The van der Waals surface area contributed by atoms with Gasteiger partial charge in [-0.15, -0.1) is 0 Å². The molecule has 0 fully saturated rings. The van der Waals surface area contributed by atoms with E-state index in [2.05, 4.69) is 9.97 Å². The Labute approximate surface area is 245 Å². The standard InChI is InChI=1S/C31H29F3N6O3/c1-5-43-28-13-27(37-15-21(28)14-35)18(2)40-8-6-22-23(25-17-38(4)29(41)12-26(25)31(32,33)34)10-20(11-24(22)30(40)42)16-39-9-7-36-19(39)3/h7,9-13,15,17-18H,5-6,8,16H2,1-4H3/t18-/m0/s1. The number of carbonyl (C=O) groups is 1. The van der Waals surface area contributed by atoms with Crippen LogP contribution >= 0.6 is 0 Å². The number of hydrogen-bond donors (Lipinski definition) is 0. The zero-order valence-corrected chi connectivity index (χ0v) is 24.1. The number of amides is 1. The Hall–Kier alpha value is -4.92. The summed E-state index contributed by atoms with van der Waals surface area (Å²) in [7, 11) is 1.40. The molecule has 0 saturated heterocycles. The van der Waals surface area contributed by atoms with Crippen LogP contribution in [0.3, 0.4) is 0 Å². The average molecular weight is 591 g/mol. The van der Waals surface area contributed by atoms with E-state index >= 15 is 0 Å². The SMILES string of the molecule is CCOc1cc([C@H](C)N2CCc3c(cc(Cn4ccnc4C)cc3-c3cn(C)c(=O)cc3C(F)(F)F)C2=O)ncc1C#N. The molecule has 1 aliphatic heterocycles. The molecule has 1 aliphatic rings. The van der Waals surface area contributed by atoms with E-state index in [4.69, 9.17) is 4.74 Å². The molecule has 222 valence electrons. The van der Waals surface area contributed by atoms with Gasteiger partial charge in [-0.25, -0.2) is 4.98 Å². The number of nitrogens with zero attached hydrogens (tertiary/aromatic N) is 6. The van der Waals surface area contributed by atoms with Crippen molar-refractivity contribution in [2.45, 2.75) is 46.0 Å². The zero-order valence-electron chi connectivity index (χ0n) is 24.1. The Morgan fingerprint density at radius 2 is 1.86 bits per heavy atom. The van der Waals surface area contributed by atoms with Gasteiger partial charge < -0.3 is 18.8 Å². The summed E-state index contributed by atoms with van der Waals surface area (Å²) < 4.78 is 51.2. The van der Waals surface area contributed by atoms with Crippen LogP contribution in [0.4, 0.5) is 13.2 Å². The zero-order chi connectivity index (χ0) is 31.1. The largest absolute Gasteiger partial charge is 0.492 e. The molecule has 0 radical (unpaired) electrons. The molecule has 1 atom stereocenters. The minimum Gasteiger partial charge on any atom is -0.492 e. The molecule has 0 saturated carbocycles. The van der Waals surface area contributed by atoms with Gasteiger partial charge in [0.15, 0.2) is 0 Å². The minimum atomic E-state index is -4.79. The number of rotatable bonds is 7. The maximum absolute atomic E-state index is 14.2. The quantitative estimate of drug-likeness (QED) is 0.298. The third-order valence-electron chi connectivity index (χ3n) is 7.71. The van der Waals surface area contributed by atoms with E-state index in [9.17, 15) is 28.0 Å². The third-order valence-corrected chi connectivity index (χ3v) is 7.71. The lowest BCUT2D eigenvalue weighted by atomic mass is 9.86. The number of pyridine rings is 2. The van der Waals surface area contributed by atoms with Crippen molar-refractivity contribution in [1.29, 1.82) is 5.26 Å². The number of hydrogen-bond acceptors (Lipinski definition) is 6. The van der Waals surface area contributed by atoms with Gasteiger partial charge in [0, 0.05) is 68.2 Å². The first-order valence-electron chi connectivity index (χ1n) is 13.7. The highest BCUT2D eigenvalue weighted by Gasteiger charge is 2.37. The summed E-state index contributed by atoms with van der Waals surface area (Å²) >= 11 is 0. The first kappa shape index (κ1) is 29.6. The minimum absolute atomic E-state index is 0.167. The molecular weight excluding hydrogens is 561 g/mol. The number of fused-ring (bicyclic) bond motifs is 1. The normalized spacial score (nSPS) is 13.9. The summed E-state index contributed by atoms with van der Waals surface area (Å²) in [4.78, 5) is 36.6. The number of carbonyl (C=O) groups excluding carboxylic acids is 1. The van der Waals surface area contributed by atoms with Crippen LogP contribution in [0.15, 0.2) is 53.8 Å². The van der Waals surface area contributed by atoms with E-state index < -0.39 is 23.3 Å². The van der Waals surface area contributed by atoms with Crippen molar-refractivity contribution in [3.05, 3.63) is 98.7 Å². The lowest BCUT2D eigenvalue weighted by Gasteiger charge is -2.35. The molecular formula is C31H29F3N6O3. The van der Waals surface area contributed by atoms with Crippen LogP contribution in [0.25, 0.3) is 11.1 Å². The van der Waals surface area contributed by atoms with Gasteiger partial charge in [0.05, 0.1) is 23.9 Å². The fourth-order valence-corrected chi connectivity index (χ4v) is 5.43. The summed E-state index contributed by atoms with van der Waals surface area (Å²) in [5.74, 6) is 0.707. The first-order valence-corrected chi connectivity index (χ1v) is 13.7. The van der Waals surface area contributed by atoms with Gasteiger partial charge in [0.1, 0.15) is 23.2 Å². The maximum Gasteiger partial charge on any atom is 0.417 e. The molecule has 0 bridgehead atoms. The molecule has 4 aromatic rings. The van der Waals surface area contributed by atoms with Gasteiger partial charge in [-0.05, 0) is 56.0 Å². The summed E-state index contributed by atoms with van der Waals surface area (Å²) in [5.41, 5.74) is 0.403. The van der Waals surface area contributed by atoms with E-state index in [1.165, 1.54) is 19.4 Å². The summed E-state index contributed by atoms with van der Waals surface area (Å²) in [6.45, 7) is 6.25. The number of aryl methyl sites for hydroxylation is 2. The molecule has 3 aromatic heterocycles. The Morgan fingerprint density at radius 1 is 1.12 bits per heavy atom. The second kappa shape index (κ2) is 11.4. The summed E-state index contributed by atoms with van der Waals surface area (Å²) in [6.07, 6.45) is 1.46. The van der Waals surface area contributed by atoms with Crippen LogP contribution in [0.5, 0.6) is 5.75 Å². The lowest BCUT2D eigenvalue weighted by Crippen LogP contribution is -2.40. The monoisotopic (exact) mass is 590 g/mol. The molecule has 9 nitrogen and oxygen atoms in total. The van der Waals surface area contributed by atoms with Gasteiger partial charge in [0.2, 0.25) is 0 Å². The Kier molecular flexibility index (Phi) is 7.84. The highest BCUT2D eigenvalue weighted by atomic mass is 19.4. The number of imidazole rings is 1. The van der Waals surface area contributed by atoms with Gasteiger partial charge in [-0.2, -0.15) is 18.4 Å². The number of halogens is 3. The predicted octanol–water partition coefficient (Wildman–Crippen LogP) is 5.05. The topological polar surface area (TPSA) is 106 Å². The molecule has 1 amide bonds. The summed E-state index contributed by atoms with van der Waals surface area (Å²) in [5, 5.41) is 9.40. The third kappa shape index (κ3) is 5.62. The average Bonchev–Trinajstić information content (AvgIpc) is 3.37. The molecule has 0 N–H and O–H groups in total. The molecule has 0 spiro atoms. The number of benzene rings is 1. The van der Waals surface area contributed by atoms with Crippen molar-refractivity contribution in [2.24, 2.45) is 7.05 Å². The highest BCUT2D eigenvalue weighted by Crippen LogP contribution is 2.41. The van der Waals surface area contributed by atoms with Crippen molar-refractivity contribution in [3.63, 3.8) is 0 Å². The van der Waals surface area contributed by atoms with Crippen LogP contribution < -0.4 is 10.3 Å². The van der Waals surface area contributed by atoms with Crippen LogP contribution in [0, 0.1) is 18.3 Å². The molecule has 12 heteroatoms. The van der Waals surface area contributed by atoms with E-state index in [0.717, 1.165) is 4.57 Å². The molecule has 5 rings (SSSR count). The van der Waals surface area contributed by atoms with Gasteiger partial charge in [0.25, 0.3) is 11.5 Å². The van der Waals surface area contributed by atoms with Crippen LogP contribution in [-0.4, -0.2) is 43.1 Å². The van der Waals surface area contributed by atoms with Crippen molar-refractivity contribution >= 4 is 5.91 Å². The fraction of sp³-hybridized carbons (Fsp3) is 0.323. The second-order valence-corrected chi connectivity index (χ2v) is 10.4. The smallest absolute Gasteiger partial charge is 0.417 e. The second-order valence-electron chi connectivity index (χ2n) is 10.4. The van der Waals surface area contributed by atoms with E-state index in [-0.39, 0.29) is 47.7 Å².